The van der Waals surface area contributed by atoms with E-state index in [1.54, 1.807) is 10.4 Å². The van der Waals surface area contributed by atoms with Gasteiger partial charge in [0.2, 0.25) is 5.91 Å². The molecule has 1 aliphatic rings. The minimum Gasteiger partial charge on any atom is -0.478 e. The number of carboxylic acids is 1. The summed E-state index contributed by atoms with van der Waals surface area (Å²) in [5.41, 5.74) is 1.13. The zero-order valence-corrected chi connectivity index (χ0v) is 18.6. The fourth-order valence-corrected chi connectivity index (χ4v) is 4.29. The van der Waals surface area contributed by atoms with Crippen LogP contribution in [0.5, 0.6) is 0 Å². The lowest BCUT2D eigenvalue weighted by atomic mass is 10.2. The van der Waals surface area contributed by atoms with E-state index in [9.17, 15) is 9.59 Å². The van der Waals surface area contributed by atoms with Crippen molar-refractivity contribution in [2.45, 2.75) is 24.5 Å². The van der Waals surface area contributed by atoms with E-state index in [1.165, 1.54) is 25.4 Å². The van der Waals surface area contributed by atoms with Gasteiger partial charge in [0, 0.05) is 43.8 Å². The van der Waals surface area contributed by atoms with Crippen molar-refractivity contribution in [1.82, 2.24) is 14.2 Å². The lowest BCUT2D eigenvalue weighted by molar-refractivity contribution is -0.126. The number of hydrogen-bond acceptors (Lipinski definition) is 6. The molecular weight excluding hydrogens is 449 g/mol. The van der Waals surface area contributed by atoms with E-state index in [2.05, 4.69) is 9.88 Å². The van der Waals surface area contributed by atoms with Gasteiger partial charge in [-0.2, -0.15) is 0 Å². The first-order chi connectivity index (χ1) is 14.3. The number of amides is 1. The van der Waals surface area contributed by atoms with E-state index >= 15 is 0 Å². The van der Waals surface area contributed by atoms with Crippen LogP contribution < -0.4 is 0 Å². The number of pyridine rings is 1. The van der Waals surface area contributed by atoms with Gasteiger partial charge >= 0.3 is 5.97 Å². The van der Waals surface area contributed by atoms with Gasteiger partial charge in [-0.25, -0.2) is 4.79 Å². The van der Waals surface area contributed by atoms with Gasteiger partial charge in [-0.05, 0) is 35.7 Å². The molecule has 30 heavy (non-hydrogen) atoms. The Balaban J connectivity index is 1.62. The molecule has 2 aromatic rings. The van der Waals surface area contributed by atoms with Crippen LogP contribution in [0.2, 0.25) is 10.0 Å². The predicted octanol–water partition coefficient (Wildman–Crippen LogP) is 3.84. The quantitative estimate of drug-likeness (QED) is 0.616. The van der Waals surface area contributed by atoms with Crippen molar-refractivity contribution in [3.63, 3.8) is 0 Å². The van der Waals surface area contributed by atoms with Crippen LogP contribution in [0.3, 0.4) is 0 Å². The Morgan fingerprint density at radius 2 is 2.10 bits per heavy atom. The van der Waals surface area contributed by atoms with E-state index in [0.29, 0.717) is 41.2 Å². The predicted molar refractivity (Wildman–Crippen MR) is 116 cm³/mol. The van der Waals surface area contributed by atoms with E-state index in [1.807, 2.05) is 12.1 Å². The van der Waals surface area contributed by atoms with E-state index < -0.39 is 5.97 Å². The molecule has 7 nitrogen and oxygen atoms in total. The third kappa shape index (κ3) is 6.33. The van der Waals surface area contributed by atoms with Crippen LogP contribution in [-0.4, -0.2) is 63.5 Å². The number of carbonyl (C=O) groups excluding carboxylic acids is 1. The highest BCUT2D eigenvalue weighted by Gasteiger charge is 2.25. The molecule has 2 heterocycles. The zero-order valence-electron chi connectivity index (χ0n) is 16.3. The van der Waals surface area contributed by atoms with Gasteiger partial charge in [0.05, 0.1) is 34.9 Å². The Labute approximate surface area is 189 Å². The molecule has 0 unspecified atom stereocenters. The van der Waals surface area contributed by atoms with Crippen molar-refractivity contribution in [3.8, 4) is 0 Å². The molecule has 0 radical (unpaired) electrons. The number of halogens is 2. The Kier molecular flexibility index (Phi) is 7.96. The van der Waals surface area contributed by atoms with E-state index in [0.717, 1.165) is 24.1 Å². The summed E-state index contributed by atoms with van der Waals surface area (Å²) in [5.74, 6) is -1.21. The monoisotopic (exact) mass is 469 g/mol. The minimum atomic E-state index is -1.06. The van der Waals surface area contributed by atoms with Crippen LogP contribution >= 0.6 is 35.1 Å². The Morgan fingerprint density at radius 3 is 2.80 bits per heavy atom. The van der Waals surface area contributed by atoms with Crippen LogP contribution in [0.25, 0.3) is 0 Å². The second-order valence-corrected chi connectivity index (χ2v) is 8.77. The standard InChI is InChI=1S/C20H21Cl2N3O4S/c1-13(26)25(30-17-7-15(20(27)28)8-23-9-17)12-16-11-24(4-5-29-16)10-14-2-3-18(21)19(22)6-14/h2-3,6-9,16H,4-5,10-12H2,1H3,(H,27,28)/t16-/m0/s1. The van der Waals surface area contributed by atoms with E-state index in [4.69, 9.17) is 33.0 Å². The summed E-state index contributed by atoms with van der Waals surface area (Å²) in [6, 6.07) is 7.08. The van der Waals surface area contributed by atoms with Gasteiger partial charge < -0.3 is 9.84 Å². The van der Waals surface area contributed by atoms with Crippen LogP contribution in [-0.2, 0) is 16.1 Å². The Hall–Kier alpha value is -1.84. The summed E-state index contributed by atoms with van der Waals surface area (Å²) in [6.07, 6.45) is 2.63. The largest absolute Gasteiger partial charge is 0.478 e. The van der Waals surface area contributed by atoms with Crippen LogP contribution in [0.15, 0.2) is 41.6 Å². The average molecular weight is 470 g/mol. The lowest BCUT2D eigenvalue weighted by Gasteiger charge is -2.35. The molecule has 1 saturated heterocycles. The molecule has 1 aromatic heterocycles. The maximum absolute atomic E-state index is 12.2. The molecule has 0 aliphatic carbocycles. The summed E-state index contributed by atoms with van der Waals surface area (Å²) >= 11 is 13.3. The molecule has 0 bridgehead atoms. The van der Waals surface area contributed by atoms with Crippen LogP contribution in [0.4, 0.5) is 0 Å². The first-order valence-electron chi connectivity index (χ1n) is 9.24. The molecule has 1 aromatic carbocycles. The molecule has 0 spiro atoms. The zero-order chi connectivity index (χ0) is 21.7. The van der Waals surface area contributed by atoms with Crippen molar-refractivity contribution in [3.05, 3.63) is 57.8 Å². The second kappa shape index (κ2) is 10.5. The number of aromatic nitrogens is 1. The van der Waals surface area contributed by atoms with Gasteiger partial charge in [-0.1, -0.05) is 29.3 Å². The summed E-state index contributed by atoms with van der Waals surface area (Å²) in [7, 11) is 0. The second-order valence-electron chi connectivity index (χ2n) is 6.86. The fourth-order valence-electron chi connectivity index (χ4n) is 3.06. The topological polar surface area (TPSA) is 83.0 Å². The number of hydrogen-bond donors (Lipinski definition) is 1. The number of benzene rings is 1. The van der Waals surface area contributed by atoms with Gasteiger partial charge in [0.25, 0.3) is 0 Å². The molecule has 1 fully saturated rings. The van der Waals surface area contributed by atoms with Crippen molar-refractivity contribution < 1.29 is 19.4 Å². The molecule has 1 amide bonds. The summed E-state index contributed by atoms with van der Waals surface area (Å²) in [6.45, 7) is 4.52. The van der Waals surface area contributed by atoms with Crippen LogP contribution in [0.1, 0.15) is 22.8 Å². The third-order valence-corrected chi connectivity index (χ3v) is 6.31. The van der Waals surface area contributed by atoms with Gasteiger partial charge in [-0.15, -0.1) is 0 Å². The molecule has 1 atom stereocenters. The minimum absolute atomic E-state index is 0.0743. The highest BCUT2D eigenvalue weighted by Crippen LogP contribution is 2.26. The molecule has 0 saturated carbocycles. The van der Waals surface area contributed by atoms with E-state index in [-0.39, 0.29) is 17.6 Å². The normalized spacial score (nSPS) is 17.0. The van der Waals surface area contributed by atoms with Gasteiger partial charge in [0.1, 0.15) is 0 Å². The average Bonchev–Trinajstić information content (AvgIpc) is 2.71. The SMILES string of the molecule is CC(=O)N(C[C@@H]1CN(Cc2ccc(Cl)c(Cl)c2)CCO1)Sc1cncc(C(=O)O)c1. The number of rotatable bonds is 7. The van der Waals surface area contributed by atoms with Crippen molar-refractivity contribution in [2.24, 2.45) is 0 Å². The molecule has 1 N–H and O–H groups in total. The third-order valence-electron chi connectivity index (χ3n) is 4.51. The number of ether oxygens (including phenoxy) is 1. The first-order valence-corrected chi connectivity index (χ1v) is 10.8. The van der Waals surface area contributed by atoms with Crippen LogP contribution in [0, 0.1) is 0 Å². The maximum atomic E-state index is 12.2. The lowest BCUT2D eigenvalue weighted by Crippen LogP contribution is -2.46. The maximum Gasteiger partial charge on any atom is 0.337 e. The Morgan fingerprint density at radius 1 is 1.30 bits per heavy atom. The molecule has 160 valence electrons. The van der Waals surface area contributed by atoms with Crippen molar-refractivity contribution in [1.29, 1.82) is 0 Å². The highest BCUT2D eigenvalue weighted by atomic mass is 35.5. The number of morpholine rings is 1. The molecule has 10 heteroatoms. The fraction of sp³-hybridized carbons (Fsp3) is 0.350. The number of nitrogens with zero attached hydrogens (tertiary/aromatic N) is 3. The number of carbonyl (C=O) groups is 2. The summed E-state index contributed by atoms with van der Waals surface area (Å²) in [4.78, 5) is 30.1. The van der Waals surface area contributed by atoms with Gasteiger partial charge in [0.15, 0.2) is 0 Å². The Bertz CT molecular complexity index is 931. The van der Waals surface area contributed by atoms with Crippen molar-refractivity contribution in [2.75, 3.05) is 26.2 Å². The molecule has 1 aliphatic heterocycles. The number of aromatic carboxylic acids is 1. The number of carboxylic acid groups (broad SMARTS) is 1. The smallest absolute Gasteiger partial charge is 0.337 e. The van der Waals surface area contributed by atoms with Gasteiger partial charge in [-0.3, -0.25) is 19.0 Å². The molecular formula is C20H21Cl2N3O4S. The summed E-state index contributed by atoms with van der Waals surface area (Å²) < 4.78 is 7.43. The molecule has 3 rings (SSSR count). The first kappa shape index (κ1) is 22.8. The van der Waals surface area contributed by atoms with Crippen molar-refractivity contribution >= 4 is 47.0 Å². The summed E-state index contributed by atoms with van der Waals surface area (Å²) in [5, 5.41) is 10.2. The highest BCUT2D eigenvalue weighted by molar-refractivity contribution is 7.97.